The Morgan fingerprint density at radius 3 is 2.41 bits per heavy atom. The summed E-state index contributed by atoms with van der Waals surface area (Å²) in [6.07, 6.45) is 2.04. The van der Waals surface area contributed by atoms with Gasteiger partial charge in [0.15, 0.2) is 11.5 Å². The Labute approximate surface area is 137 Å². The first kappa shape index (κ1) is 15.8. The van der Waals surface area contributed by atoms with Gasteiger partial charge in [-0.15, -0.1) is 0 Å². The molecule has 1 aromatic carbocycles. The van der Waals surface area contributed by atoms with Gasteiger partial charge >= 0.3 is 7.12 Å². The highest BCUT2D eigenvalue weighted by molar-refractivity contribution is 7.80. The second-order valence-corrected chi connectivity index (χ2v) is 6.89. The van der Waals surface area contributed by atoms with Crippen LogP contribution in [-0.2, 0) is 9.31 Å². The molecule has 0 saturated carbocycles. The molecule has 0 spiro atoms. The van der Waals surface area contributed by atoms with Gasteiger partial charge in [0.2, 0.25) is 6.79 Å². The summed E-state index contributed by atoms with van der Waals surface area (Å²) in [7, 11) is -0.382. The average Bonchev–Trinajstić information content (AvgIpc) is 2.98. The number of fused-ring (bicyclic) bond motifs is 1. The first-order chi connectivity index (χ1) is 10.3. The lowest BCUT2D eigenvalue weighted by Gasteiger charge is -2.32. The van der Waals surface area contributed by atoms with Crippen LogP contribution in [0.5, 0.6) is 11.5 Å². The smallest absolute Gasteiger partial charge is 0.454 e. The molecule has 2 aliphatic heterocycles. The van der Waals surface area contributed by atoms with E-state index in [2.05, 4.69) is 12.6 Å². The van der Waals surface area contributed by atoms with E-state index >= 15 is 0 Å². The van der Waals surface area contributed by atoms with Gasteiger partial charge in [0.1, 0.15) is 0 Å². The van der Waals surface area contributed by atoms with E-state index in [4.69, 9.17) is 18.8 Å². The van der Waals surface area contributed by atoms with Crippen LogP contribution in [0.4, 0.5) is 0 Å². The maximum atomic E-state index is 6.09. The summed E-state index contributed by atoms with van der Waals surface area (Å²) in [5.74, 6) is 2.10. The standard InChI is InChI=1S/C16H21BO4S/c1-15(2)16(3,4)21-17(20-15)12(9-22)7-11-5-6-13-14(8-11)19-10-18-13/h5-8,22H,9-10H2,1-4H3. The molecule has 4 nitrogen and oxygen atoms in total. The Morgan fingerprint density at radius 1 is 1.14 bits per heavy atom. The number of ether oxygens (including phenoxy) is 2. The van der Waals surface area contributed by atoms with Crippen molar-refractivity contribution in [3.05, 3.63) is 29.2 Å². The molecular formula is C16H21BO4S. The van der Waals surface area contributed by atoms with Crippen molar-refractivity contribution in [1.29, 1.82) is 0 Å². The lowest BCUT2D eigenvalue weighted by molar-refractivity contribution is 0.00578. The molecular weight excluding hydrogens is 299 g/mol. The minimum Gasteiger partial charge on any atom is -0.454 e. The van der Waals surface area contributed by atoms with E-state index in [1.54, 1.807) is 0 Å². The molecule has 22 heavy (non-hydrogen) atoms. The van der Waals surface area contributed by atoms with Crippen LogP contribution in [-0.4, -0.2) is 30.9 Å². The first-order valence-corrected chi connectivity index (χ1v) is 8.02. The van der Waals surface area contributed by atoms with E-state index in [1.165, 1.54) is 0 Å². The van der Waals surface area contributed by atoms with E-state index < -0.39 is 0 Å². The highest BCUT2D eigenvalue weighted by atomic mass is 32.1. The van der Waals surface area contributed by atoms with Crippen LogP contribution in [0.1, 0.15) is 33.3 Å². The van der Waals surface area contributed by atoms with Crippen molar-refractivity contribution in [3.8, 4) is 11.5 Å². The van der Waals surface area contributed by atoms with E-state index in [9.17, 15) is 0 Å². The molecule has 2 heterocycles. The van der Waals surface area contributed by atoms with Crippen LogP contribution in [0, 0.1) is 0 Å². The third kappa shape index (κ3) is 2.75. The van der Waals surface area contributed by atoms with Crippen molar-refractivity contribution in [2.24, 2.45) is 0 Å². The van der Waals surface area contributed by atoms with Crippen LogP contribution >= 0.6 is 12.6 Å². The quantitative estimate of drug-likeness (QED) is 0.684. The number of rotatable bonds is 3. The Bertz CT molecular complexity index is 596. The molecule has 0 N–H and O–H groups in total. The predicted octanol–water partition coefficient (Wildman–Crippen LogP) is 3.36. The van der Waals surface area contributed by atoms with Gasteiger partial charge in [-0.3, -0.25) is 0 Å². The second-order valence-electron chi connectivity index (χ2n) is 6.58. The molecule has 3 rings (SSSR count). The minimum atomic E-state index is -0.382. The SMILES string of the molecule is CC1(C)OB(C(=Cc2ccc3c(c2)OCO3)CS)OC1(C)C. The highest BCUT2D eigenvalue weighted by Gasteiger charge is 2.52. The molecule has 1 saturated heterocycles. The van der Waals surface area contributed by atoms with Gasteiger partial charge in [-0.05, 0) is 50.9 Å². The third-order valence-corrected chi connectivity index (χ3v) is 4.85. The molecule has 1 fully saturated rings. The van der Waals surface area contributed by atoms with Gasteiger partial charge in [0, 0.05) is 5.75 Å². The van der Waals surface area contributed by atoms with Crippen molar-refractivity contribution < 1.29 is 18.8 Å². The molecule has 0 amide bonds. The van der Waals surface area contributed by atoms with Gasteiger partial charge < -0.3 is 18.8 Å². The molecule has 0 aliphatic carbocycles. The van der Waals surface area contributed by atoms with Crippen LogP contribution < -0.4 is 9.47 Å². The number of hydrogen-bond donors (Lipinski definition) is 1. The molecule has 0 radical (unpaired) electrons. The van der Waals surface area contributed by atoms with Gasteiger partial charge in [-0.2, -0.15) is 12.6 Å². The molecule has 118 valence electrons. The van der Waals surface area contributed by atoms with E-state index in [0.717, 1.165) is 22.5 Å². The summed E-state index contributed by atoms with van der Waals surface area (Å²) in [6.45, 7) is 8.46. The average molecular weight is 320 g/mol. The van der Waals surface area contributed by atoms with Crippen molar-refractivity contribution in [2.75, 3.05) is 12.5 Å². The normalized spacial score (nSPS) is 22.2. The van der Waals surface area contributed by atoms with Gasteiger partial charge in [0.25, 0.3) is 0 Å². The molecule has 2 aliphatic rings. The first-order valence-electron chi connectivity index (χ1n) is 7.39. The molecule has 0 aromatic heterocycles. The van der Waals surface area contributed by atoms with Gasteiger partial charge in [-0.25, -0.2) is 0 Å². The Kier molecular flexibility index (Phi) is 3.95. The fraction of sp³-hybridized carbons (Fsp3) is 0.500. The molecule has 6 heteroatoms. The summed E-state index contributed by atoms with van der Waals surface area (Å²) >= 11 is 4.43. The van der Waals surface area contributed by atoms with E-state index in [1.807, 2.05) is 52.0 Å². The summed E-state index contributed by atoms with van der Waals surface area (Å²) < 4.78 is 22.9. The topological polar surface area (TPSA) is 36.9 Å². The van der Waals surface area contributed by atoms with Gasteiger partial charge in [0.05, 0.1) is 11.2 Å². The fourth-order valence-electron chi connectivity index (χ4n) is 2.40. The molecule has 1 aromatic rings. The van der Waals surface area contributed by atoms with E-state index in [0.29, 0.717) is 5.75 Å². The number of thiol groups is 1. The molecule has 0 atom stereocenters. The van der Waals surface area contributed by atoms with Crippen LogP contribution in [0.25, 0.3) is 6.08 Å². The van der Waals surface area contributed by atoms with Crippen molar-refractivity contribution in [1.82, 2.24) is 0 Å². The fourth-order valence-corrected chi connectivity index (χ4v) is 2.64. The van der Waals surface area contributed by atoms with Gasteiger partial charge in [-0.1, -0.05) is 12.1 Å². The van der Waals surface area contributed by atoms with Crippen molar-refractivity contribution >= 4 is 25.8 Å². The highest BCUT2D eigenvalue weighted by Crippen LogP contribution is 2.39. The Balaban J connectivity index is 1.86. The Morgan fingerprint density at radius 2 is 1.77 bits per heavy atom. The van der Waals surface area contributed by atoms with Crippen LogP contribution in [0.2, 0.25) is 0 Å². The lowest BCUT2D eigenvalue weighted by atomic mass is 9.78. The zero-order chi connectivity index (χ0) is 16.0. The lowest BCUT2D eigenvalue weighted by Crippen LogP contribution is -2.41. The van der Waals surface area contributed by atoms with Crippen molar-refractivity contribution in [2.45, 2.75) is 38.9 Å². The summed E-state index contributed by atoms with van der Waals surface area (Å²) in [4.78, 5) is 0. The van der Waals surface area contributed by atoms with Crippen LogP contribution in [0.3, 0.4) is 0 Å². The number of hydrogen-bond acceptors (Lipinski definition) is 5. The summed E-state index contributed by atoms with van der Waals surface area (Å²) in [5, 5.41) is 0. The summed E-state index contributed by atoms with van der Waals surface area (Å²) in [5.41, 5.74) is 1.30. The summed E-state index contributed by atoms with van der Waals surface area (Å²) in [6, 6.07) is 5.85. The third-order valence-electron chi connectivity index (χ3n) is 4.49. The molecule has 0 unspecified atom stereocenters. The maximum absolute atomic E-state index is 6.09. The zero-order valence-electron chi connectivity index (χ0n) is 13.4. The monoisotopic (exact) mass is 320 g/mol. The number of benzene rings is 1. The minimum absolute atomic E-state index is 0.277. The van der Waals surface area contributed by atoms with Crippen LogP contribution in [0.15, 0.2) is 23.7 Å². The Hall–Kier alpha value is -1.11. The van der Waals surface area contributed by atoms with E-state index in [-0.39, 0.29) is 25.1 Å². The second kappa shape index (κ2) is 5.51. The largest absolute Gasteiger partial charge is 0.491 e. The maximum Gasteiger partial charge on any atom is 0.491 e. The van der Waals surface area contributed by atoms with Crippen molar-refractivity contribution in [3.63, 3.8) is 0 Å². The zero-order valence-corrected chi connectivity index (χ0v) is 14.3. The molecule has 0 bridgehead atoms. The predicted molar refractivity (Wildman–Crippen MR) is 90.5 cm³/mol.